The Balaban J connectivity index is 2.77. The molecule has 0 N–H and O–H groups in total. The first kappa shape index (κ1) is 9.67. The Labute approximate surface area is 75.9 Å². The van der Waals surface area contributed by atoms with Crippen LogP contribution in [0.3, 0.4) is 0 Å². The van der Waals surface area contributed by atoms with E-state index in [1.165, 1.54) is 18.3 Å². The highest BCUT2D eigenvalue weighted by Gasteiger charge is 2.29. The highest BCUT2D eigenvalue weighted by atomic mass is 35.5. The number of rotatable bonds is 1. The molecule has 0 bridgehead atoms. The number of pyridine rings is 1. The molecule has 1 nitrogen and oxygen atoms in total. The lowest BCUT2D eigenvalue weighted by Gasteiger charge is -2.04. The van der Waals surface area contributed by atoms with Crippen molar-refractivity contribution in [3.05, 3.63) is 23.5 Å². The zero-order chi connectivity index (χ0) is 9.19. The first-order valence-electron chi connectivity index (χ1n) is 2.85. The summed E-state index contributed by atoms with van der Waals surface area (Å²) in [4.78, 5) is 3.60. The number of nitrogens with zero attached hydrogens (tertiary/aromatic N) is 1. The van der Waals surface area contributed by atoms with Crippen molar-refractivity contribution in [2.45, 2.75) is 10.4 Å². The summed E-state index contributed by atoms with van der Waals surface area (Å²) in [5.41, 5.74) is -4.27. The molecule has 1 aromatic rings. The molecule has 0 aromatic carbocycles. The Kier molecular flexibility index (Phi) is 2.85. The molecular formula is C6H3ClF3NS. The van der Waals surface area contributed by atoms with Gasteiger partial charge in [-0.15, -0.1) is 0 Å². The van der Waals surface area contributed by atoms with Gasteiger partial charge in [0.2, 0.25) is 0 Å². The van der Waals surface area contributed by atoms with E-state index in [0.29, 0.717) is 0 Å². The van der Waals surface area contributed by atoms with Crippen LogP contribution in [0.15, 0.2) is 23.2 Å². The molecule has 0 unspecified atom stereocenters. The zero-order valence-corrected chi connectivity index (χ0v) is 7.17. The van der Waals surface area contributed by atoms with Crippen LogP contribution in [-0.4, -0.2) is 10.5 Å². The minimum atomic E-state index is -4.27. The van der Waals surface area contributed by atoms with Gasteiger partial charge in [-0.2, -0.15) is 13.2 Å². The van der Waals surface area contributed by atoms with Gasteiger partial charge in [0.1, 0.15) is 5.15 Å². The van der Waals surface area contributed by atoms with Crippen LogP contribution in [0.5, 0.6) is 0 Å². The summed E-state index contributed by atoms with van der Waals surface area (Å²) >= 11 is 5.17. The lowest BCUT2D eigenvalue weighted by molar-refractivity contribution is -0.0328. The standard InChI is InChI=1S/C6H3ClF3NS/c7-5-3-4(1-2-11-5)12-6(8,9)10/h1-3H. The summed E-state index contributed by atoms with van der Waals surface area (Å²) in [6.07, 6.45) is 1.23. The average molecular weight is 214 g/mol. The Morgan fingerprint density at radius 3 is 2.58 bits per heavy atom. The van der Waals surface area contributed by atoms with E-state index < -0.39 is 5.51 Å². The van der Waals surface area contributed by atoms with Crippen molar-refractivity contribution in [1.29, 1.82) is 0 Å². The molecule has 1 rings (SSSR count). The first-order chi connectivity index (χ1) is 5.47. The van der Waals surface area contributed by atoms with E-state index in [-0.39, 0.29) is 21.8 Å². The van der Waals surface area contributed by atoms with Gasteiger partial charge in [-0.05, 0) is 23.9 Å². The third-order valence-electron chi connectivity index (χ3n) is 0.932. The maximum Gasteiger partial charge on any atom is 0.446 e. The molecule has 0 amide bonds. The van der Waals surface area contributed by atoms with Gasteiger partial charge in [-0.25, -0.2) is 4.98 Å². The normalized spacial score (nSPS) is 11.7. The number of halogens is 4. The average Bonchev–Trinajstić information content (AvgIpc) is 1.82. The third kappa shape index (κ3) is 3.32. The number of hydrogen-bond donors (Lipinski definition) is 0. The quantitative estimate of drug-likeness (QED) is 0.524. The van der Waals surface area contributed by atoms with Crippen molar-refractivity contribution in [2.24, 2.45) is 0 Å². The molecule has 0 aliphatic carbocycles. The topological polar surface area (TPSA) is 12.9 Å². The highest BCUT2D eigenvalue weighted by Crippen LogP contribution is 2.36. The number of hydrogen-bond acceptors (Lipinski definition) is 2. The summed E-state index contributed by atoms with van der Waals surface area (Å²) in [7, 11) is 0. The molecule has 0 radical (unpaired) electrons. The molecule has 1 aromatic heterocycles. The Morgan fingerprint density at radius 2 is 2.08 bits per heavy atom. The van der Waals surface area contributed by atoms with Crippen LogP contribution in [0.25, 0.3) is 0 Å². The number of alkyl halides is 3. The van der Waals surface area contributed by atoms with Crippen LogP contribution in [0.4, 0.5) is 13.2 Å². The molecule has 0 saturated heterocycles. The molecular weight excluding hydrogens is 211 g/mol. The van der Waals surface area contributed by atoms with E-state index in [2.05, 4.69) is 4.98 Å². The number of thioether (sulfide) groups is 1. The Hall–Kier alpha value is -0.420. The molecule has 0 fully saturated rings. The molecule has 0 aliphatic rings. The lowest BCUT2D eigenvalue weighted by Crippen LogP contribution is -1.98. The van der Waals surface area contributed by atoms with Gasteiger partial charge in [0.15, 0.2) is 0 Å². The molecule has 0 saturated carbocycles. The predicted octanol–water partition coefficient (Wildman–Crippen LogP) is 3.35. The van der Waals surface area contributed by atoms with Crippen molar-refractivity contribution in [3.63, 3.8) is 0 Å². The minimum Gasteiger partial charge on any atom is -0.244 e. The third-order valence-corrected chi connectivity index (χ3v) is 1.86. The lowest BCUT2D eigenvalue weighted by atomic mass is 10.5. The van der Waals surface area contributed by atoms with E-state index >= 15 is 0 Å². The molecule has 0 aliphatic heterocycles. The zero-order valence-electron chi connectivity index (χ0n) is 5.60. The molecule has 0 atom stereocenters. The second-order valence-electron chi connectivity index (χ2n) is 1.86. The van der Waals surface area contributed by atoms with Gasteiger partial charge >= 0.3 is 5.51 Å². The van der Waals surface area contributed by atoms with Crippen molar-refractivity contribution in [1.82, 2.24) is 4.98 Å². The van der Waals surface area contributed by atoms with Crippen LogP contribution in [-0.2, 0) is 0 Å². The second kappa shape index (κ2) is 3.53. The smallest absolute Gasteiger partial charge is 0.244 e. The summed E-state index contributed by atoms with van der Waals surface area (Å²) in [5.74, 6) is 0. The fourth-order valence-electron chi connectivity index (χ4n) is 0.582. The first-order valence-corrected chi connectivity index (χ1v) is 4.04. The highest BCUT2D eigenvalue weighted by molar-refractivity contribution is 8.00. The summed E-state index contributed by atoms with van der Waals surface area (Å²) < 4.78 is 35.3. The van der Waals surface area contributed by atoms with E-state index in [9.17, 15) is 13.2 Å². The Morgan fingerprint density at radius 1 is 1.42 bits per heavy atom. The Bertz CT molecular complexity index is 276. The molecule has 1 heterocycles. The summed E-state index contributed by atoms with van der Waals surface area (Å²) in [6, 6.07) is 2.42. The van der Waals surface area contributed by atoms with Crippen LogP contribution in [0.2, 0.25) is 5.15 Å². The molecule has 6 heteroatoms. The SMILES string of the molecule is FC(F)(F)Sc1ccnc(Cl)c1. The number of aromatic nitrogens is 1. The van der Waals surface area contributed by atoms with Crippen molar-refractivity contribution in [3.8, 4) is 0 Å². The van der Waals surface area contributed by atoms with E-state index in [4.69, 9.17) is 11.6 Å². The molecule has 12 heavy (non-hydrogen) atoms. The van der Waals surface area contributed by atoms with Crippen LogP contribution in [0.1, 0.15) is 0 Å². The fourth-order valence-corrected chi connectivity index (χ4v) is 1.39. The van der Waals surface area contributed by atoms with Gasteiger partial charge < -0.3 is 0 Å². The van der Waals surface area contributed by atoms with Crippen LogP contribution in [0, 0.1) is 0 Å². The van der Waals surface area contributed by atoms with E-state index in [1.807, 2.05) is 0 Å². The van der Waals surface area contributed by atoms with Gasteiger partial charge in [-0.3, -0.25) is 0 Å². The van der Waals surface area contributed by atoms with Gasteiger partial charge in [0, 0.05) is 11.1 Å². The maximum absolute atomic E-state index is 11.8. The van der Waals surface area contributed by atoms with Crippen molar-refractivity contribution in [2.75, 3.05) is 0 Å². The van der Waals surface area contributed by atoms with E-state index in [1.54, 1.807) is 0 Å². The van der Waals surface area contributed by atoms with Crippen molar-refractivity contribution >= 4 is 23.4 Å². The molecule has 66 valence electrons. The largest absolute Gasteiger partial charge is 0.446 e. The summed E-state index contributed by atoms with van der Waals surface area (Å²) in [5, 5.41) is 0.0595. The minimum absolute atomic E-state index is 0.0440. The maximum atomic E-state index is 11.8. The van der Waals surface area contributed by atoms with E-state index in [0.717, 1.165) is 0 Å². The van der Waals surface area contributed by atoms with Crippen molar-refractivity contribution < 1.29 is 13.2 Å². The fraction of sp³-hybridized carbons (Fsp3) is 0.167. The van der Waals surface area contributed by atoms with Crippen LogP contribution < -0.4 is 0 Å². The molecule has 0 spiro atoms. The van der Waals surface area contributed by atoms with Gasteiger partial charge in [0.05, 0.1) is 0 Å². The van der Waals surface area contributed by atoms with Gasteiger partial charge in [-0.1, -0.05) is 11.6 Å². The predicted molar refractivity (Wildman–Crippen MR) is 41.2 cm³/mol. The monoisotopic (exact) mass is 213 g/mol. The summed E-state index contributed by atoms with van der Waals surface area (Å²) in [6.45, 7) is 0. The van der Waals surface area contributed by atoms with Crippen LogP contribution >= 0.6 is 23.4 Å². The van der Waals surface area contributed by atoms with Gasteiger partial charge in [0.25, 0.3) is 0 Å². The second-order valence-corrected chi connectivity index (χ2v) is 3.39.